The van der Waals surface area contributed by atoms with Crippen LogP contribution in [0.25, 0.3) is 5.76 Å². The Morgan fingerprint density at radius 1 is 0.853 bits per heavy atom. The lowest BCUT2D eigenvalue weighted by atomic mass is 10.0. The highest BCUT2D eigenvalue weighted by atomic mass is 32.2. The lowest BCUT2D eigenvalue weighted by Crippen LogP contribution is -2.39. The first kappa shape index (κ1) is 23.3. The number of hydrogen-bond acceptors (Lipinski definition) is 6. The Morgan fingerprint density at radius 2 is 1.50 bits per heavy atom. The van der Waals surface area contributed by atoms with Crippen molar-refractivity contribution >= 4 is 27.5 Å². The third-order valence-corrected chi connectivity index (χ3v) is 7.22. The minimum absolute atomic E-state index is 0.0226. The SMILES string of the molecule is CCCN1C(C(=O)c2ccccc2)=C(OC(=O)c2ccc(OC)cc2)c2ccccc2S1(=O)=O. The molecule has 34 heavy (non-hydrogen) atoms. The molecule has 0 aromatic heterocycles. The average Bonchev–Trinajstić information content (AvgIpc) is 2.87. The Morgan fingerprint density at radius 3 is 2.15 bits per heavy atom. The molecule has 3 aromatic rings. The first-order chi connectivity index (χ1) is 16.4. The van der Waals surface area contributed by atoms with Crippen LogP contribution in [0.3, 0.4) is 0 Å². The van der Waals surface area contributed by atoms with Crippen molar-refractivity contribution in [3.63, 3.8) is 0 Å². The molecule has 0 saturated heterocycles. The molecule has 0 spiro atoms. The molecule has 0 aliphatic carbocycles. The Hall–Kier alpha value is -3.91. The number of benzene rings is 3. The van der Waals surface area contributed by atoms with Gasteiger partial charge in [0.2, 0.25) is 5.78 Å². The zero-order chi connectivity index (χ0) is 24.3. The molecule has 0 amide bonds. The van der Waals surface area contributed by atoms with Gasteiger partial charge in [0.25, 0.3) is 10.0 Å². The van der Waals surface area contributed by atoms with Crippen LogP contribution in [0.2, 0.25) is 0 Å². The van der Waals surface area contributed by atoms with Crippen molar-refractivity contribution in [2.75, 3.05) is 13.7 Å². The molecule has 1 aliphatic rings. The van der Waals surface area contributed by atoms with Crippen LogP contribution in [-0.4, -0.2) is 38.1 Å². The van der Waals surface area contributed by atoms with Gasteiger partial charge in [-0.3, -0.25) is 9.10 Å². The van der Waals surface area contributed by atoms with Crippen LogP contribution in [-0.2, 0) is 14.8 Å². The number of carbonyl (C=O) groups is 2. The number of sulfonamides is 1. The fraction of sp³-hybridized carbons (Fsp3) is 0.154. The summed E-state index contributed by atoms with van der Waals surface area (Å²) in [5, 5.41) is 0. The van der Waals surface area contributed by atoms with Crippen molar-refractivity contribution < 1.29 is 27.5 Å². The highest BCUT2D eigenvalue weighted by Gasteiger charge is 2.41. The van der Waals surface area contributed by atoms with Crippen LogP contribution in [0.5, 0.6) is 5.75 Å². The molecular weight excluding hydrogens is 454 g/mol. The summed E-state index contributed by atoms with van der Waals surface area (Å²) in [5.41, 5.74) is 0.489. The smallest absolute Gasteiger partial charge is 0.343 e. The lowest BCUT2D eigenvalue weighted by Gasteiger charge is -2.32. The van der Waals surface area contributed by atoms with E-state index in [9.17, 15) is 18.0 Å². The van der Waals surface area contributed by atoms with E-state index in [4.69, 9.17) is 9.47 Å². The number of nitrogens with zero attached hydrogens (tertiary/aromatic N) is 1. The fourth-order valence-corrected chi connectivity index (χ4v) is 5.47. The molecule has 1 aliphatic heterocycles. The second kappa shape index (κ2) is 9.52. The molecule has 0 saturated carbocycles. The van der Waals surface area contributed by atoms with Gasteiger partial charge in [-0.05, 0) is 42.8 Å². The molecule has 1 heterocycles. The second-order valence-electron chi connectivity index (χ2n) is 7.56. The largest absolute Gasteiger partial charge is 0.497 e. The maximum Gasteiger partial charge on any atom is 0.343 e. The third-order valence-electron chi connectivity index (χ3n) is 5.36. The molecular formula is C26H23NO6S. The van der Waals surface area contributed by atoms with E-state index in [0.29, 0.717) is 12.2 Å². The number of carbonyl (C=O) groups excluding carboxylic acids is 2. The Balaban J connectivity index is 1.92. The van der Waals surface area contributed by atoms with Gasteiger partial charge in [0.1, 0.15) is 11.4 Å². The van der Waals surface area contributed by atoms with Crippen molar-refractivity contribution in [3.05, 3.63) is 101 Å². The number of ether oxygens (including phenoxy) is 2. The number of allylic oxidation sites excluding steroid dienone is 1. The number of hydrogen-bond donors (Lipinski definition) is 0. The lowest BCUT2D eigenvalue weighted by molar-refractivity contribution is 0.0685. The van der Waals surface area contributed by atoms with Crippen LogP contribution in [0.1, 0.15) is 39.6 Å². The summed E-state index contributed by atoms with van der Waals surface area (Å²) in [5.74, 6) is -0.793. The fourth-order valence-electron chi connectivity index (χ4n) is 3.72. The Bertz CT molecular complexity index is 1360. The van der Waals surface area contributed by atoms with Crippen LogP contribution in [0, 0.1) is 0 Å². The zero-order valence-electron chi connectivity index (χ0n) is 18.7. The first-order valence-electron chi connectivity index (χ1n) is 10.7. The Kier molecular flexibility index (Phi) is 6.51. The van der Waals surface area contributed by atoms with Crippen molar-refractivity contribution in [3.8, 4) is 5.75 Å². The predicted octanol–water partition coefficient (Wildman–Crippen LogP) is 4.52. The van der Waals surface area contributed by atoms with E-state index >= 15 is 0 Å². The second-order valence-corrected chi connectivity index (χ2v) is 9.39. The maximum absolute atomic E-state index is 13.6. The predicted molar refractivity (Wildman–Crippen MR) is 127 cm³/mol. The number of methoxy groups -OCH3 is 1. The molecule has 7 nitrogen and oxygen atoms in total. The van der Waals surface area contributed by atoms with Crippen molar-refractivity contribution in [1.82, 2.24) is 4.31 Å². The maximum atomic E-state index is 13.6. The topological polar surface area (TPSA) is 90.0 Å². The monoisotopic (exact) mass is 477 g/mol. The molecule has 8 heteroatoms. The van der Waals surface area contributed by atoms with E-state index in [1.165, 1.54) is 31.4 Å². The number of ketones is 1. The summed E-state index contributed by atoms with van der Waals surface area (Å²) in [6, 6.07) is 20.8. The summed E-state index contributed by atoms with van der Waals surface area (Å²) in [4.78, 5) is 26.7. The molecule has 174 valence electrons. The van der Waals surface area contributed by atoms with Gasteiger partial charge in [-0.2, -0.15) is 0 Å². The summed E-state index contributed by atoms with van der Waals surface area (Å²) in [6.07, 6.45) is 0.451. The van der Waals surface area contributed by atoms with E-state index in [1.807, 2.05) is 6.92 Å². The quantitative estimate of drug-likeness (QED) is 0.367. The van der Waals surface area contributed by atoms with E-state index in [0.717, 1.165) is 4.31 Å². The molecule has 0 radical (unpaired) electrons. The van der Waals surface area contributed by atoms with Crippen LogP contribution < -0.4 is 4.74 Å². The summed E-state index contributed by atoms with van der Waals surface area (Å²) in [7, 11) is -2.53. The van der Waals surface area contributed by atoms with E-state index in [1.54, 1.807) is 54.6 Å². The zero-order valence-corrected chi connectivity index (χ0v) is 19.5. The van der Waals surface area contributed by atoms with Gasteiger partial charge in [-0.15, -0.1) is 0 Å². The molecule has 0 fully saturated rings. The minimum atomic E-state index is -4.04. The normalized spacial score (nSPS) is 14.4. The first-order valence-corrected chi connectivity index (χ1v) is 12.1. The van der Waals surface area contributed by atoms with Gasteiger partial charge in [0.15, 0.2) is 5.76 Å². The van der Waals surface area contributed by atoms with Gasteiger partial charge in [-0.25, -0.2) is 13.2 Å². The molecule has 0 unspecified atom stereocenters. The van der Waals surface area contributed by atoms with Crippen LogP contribution in [0.15, 0.2) is 89.5 Å². The highest BCUT2D eigenvalue weighted by molar-refractivity contribution is 7.89. The van der Waals surface area contributed by atoms with Gasteiger partial charge in [-0.1, -0.05) is 49.4 Å². The number of fused-ring (bicyclic) bond motifs is 1. The van der Waals surface area contributed by atoms with E-state index in [2.05, 4.69) is 0 Å². The summed E-state index contributed by atoms with van der Waals surface area (Å²) in [6.45, 7) is 1.86. The Labute approximate surface area is 198 Å². The number of Topliss-reactive ketones (excluding diaryl/α,β-unsaturated/α-hetero) is 1. The van der Waals surface area contributed by atoms with Crippen LogP contribution >= 0.6 is 0 Å². The minimum Gasteiger partial charge on any atom is -0.497 e. The summed E-state index contributed by atoms with van der Waals surface area (Å²) < 4.78 is 38.9. The van der Waals surface area contributed by atoms with Crippen molar-refractivity contribution in [2.45, 2.75) is 18.2 Å². The van der Waals surface area contributed by atoms with Gasteiger partial charge in [0, 0.05) is 17.7 Å². The number of esters is 1. The molecule has 0 bridgehead atoms. The van der Waals surface area contributed by atoms with E-state index in [-0.39, 0.29) is 39.6 Å². The van der Waals surface area contributed by atoms with Gasteiger partial charge in [0.05, 0.1) is 17.6 Å². The van der Waals surface area contributed by atoms with Crippen LogP contribution in [0.4, 0.5) is 0 Å². The third kappa shape index (κ3) is 4.20. The van der Waals surface area contributed by atoms with Crippen molar-refractivity contribution in [1.29, 1.82) is 0 Å². The molecule has 0 atom stereocenters. The average molecular weight is 478 g/mol. The van der Waals surface area contributed by atoms with Gasteiger partial charge < -0.3 is 9.47 Å². The van der Waals surface area contributed by atoms with Crippen molar-refractivity contribution in [2.24, 2.45) is 0 Å². The van der Waals surface area contributed by atoms with Gasteiger partial charge >= 0.3 is 5.97 Å². The van der Waals surface area contributed by atoms with E-state index < -0.39 is 21.8 Å². The molecule has 3 aromatic carbocycles. The highest BCUT2D eigenvalue weighted by Crippen LogP contribution is 2.39. The molecule has 0 N–H and O–H groups in total. The molecule has 4 rings (SSSR count). The number of rotatable bonds is 7. The summed E-state index contributed by atoms with van der Waals surface area (Å²) >= 11 is 0. The standard InChI is InChI=1S/C26H23NO6S/c1-3-17-27-23(24(28)18-9-5-4-6-10-18)25(21-11-7-8-12-22(21)34(27,30)31)33-26(29)19-13-15-20(32-2)16-14-19/h4-16H,3,17H2,1-2H3.